The second kappa shape index (κ2) is 6.15. The van der Waals surface area contributed by atoms with Crippen molar-refractivity contribution in [1.82, 2.24) is 0 Å². The molecule has 3 N–H and O–H groups in total. The van der Waals surface area contributed by atoms with Gasteiger partial charge in [0.15, 0.2) is 5.84 Å². The highest BCUT2D eigenvalue weighted by molar-refractivity contribution is 9.10. The van der Waals surface area contributed by atoms with E-state index >= 15 is 0 Å². The van der Waals surface area contributed by atoms with E-state index in [0.29, 0.717) is 16.3 Å². The van der Waals surface area contributed by atoms with Gasteiger partial charge in [0.2, 0.25) is 0 Å². The number of nitrogens with two attached hydrogens (primary N) is 1. The number of aryl methyl sites for hydroxylation is 1. The molecule has 0 aliphatic heterocycles. The number of rotatable bonds is 3. The molecule has 0 bridgehead atoms. The van der Waals surface area contributed by atoms with Gasteiger partial charge in [0.1, 0.15) is 11.5 Å². The summed E-state index contributed by atoms with van der Waals surface area (Å²) in [6.45, 7) is 1.95. The van der Waals surface area contributed by atoms with Crippen molar-refractivity contribution >= 4 is 33.4 Å². The zero-order chi connectivity index (χ0) is 14.7. The first kappa shape index (κ1) is 14.7. The maximum Gasteiger partial charge on any atom is 0.171 e. The highest BCUT2D eigenvalue weighted by atomic mass is 79.9. The van der Waals surface area contributed by atoms with Gasteiger partial charge in [-0.05, 0) is 42.8 Å². The maximum atomic E-state index is 8.65. The van der Waals surface area contributed by atoms with Crippen molar-refractivity contribution in [2.45, 2.75) is 6.92 Å². The van der Waals surface area contributed by atoms with Crippen LogP contribution in [-0.4, -0.2) is 11.0 Å². The Morgan fingerprint density at radius 2 is 2.05 bits per heavy atom. The molecule has 104 valence electrons. The van der Waals surface area contributed by atoms with Crippen LogP contribution < -0.4 is 10.5 Å². The smallest absolute Gasteiger partial charge is 0.171 e. The van der Waals surface area contributed by atoms with Crippen molar-refractivity contribution in [2.75, 3.05) is 0 Å². The summed E-state index contributed by atoms with van der Waals surface area (Å²) in [5.41, 5.74) is 6.96. The lowest BCUT2D eigenvalue weighted by molar-refractivity contribution is 0.318. The minimum atomic E-state index is -0.0404. The minimum absolute atomic E-state index is 0.0404. The standard InChI is InChI=1S/C14H12BrClN2O2/c1-8-6-9(15)2-5-13(8)20-10-3-4-11(12(16)7-10)14(17)18-19/h2-7,19H,1H3,(H2,17,18). The number of halogens is 2. The van der Waals surface area contributed by atoms with E-state index in [-0.39, 0.29) is 5.84 Å². The van der Waals surface area contributed by atoms with Crippen LogP contribution in [0.3, 0.4) is 0 Å². The van der Waals surface area contributed by atoms with Gasteiger partial charge in [-0.25, -0.2) is 0 Å². The quantitative estimate of drug-likeness (QED) is 0.373. The molecule has 0 spiro atoms. The number of amidine groups is 1. The van der Waals surface area contributed by atoms with Gasteiger partial charge in [0.25, 0.3) is 0 Å². The van der Waals surface area contributed by atoms with Crippen molar-refractivity contribution in [3.63, 3.8) is 0 Å². The topological polar surface area (TPSA) is 67.8 Å². The van der Waals surface area contributed by atoms with Crippen LogP contribution in [0.15, 0.2) is 46.0 Å². The van der Waals surface area contributed by atoms with Crippen molar-refractivity contribution in [3.8, 4) is 11.5 Å². The fourth-order valence-corrected chi connectivity index (χ4v) is 2.42. The number of hydrogen-bond donors (Lipinski definition) is 2. The Morgan fingerprint density at radius 1 is 1.30 bits per heavy atom. The number of benzene rings is 2. The first-order valence-electron chi connectivity index (χ1n) is 5.72. The number of nitrogens with zero attached hydrogens (tertiary/aromatic N) is 1. The lowest BCUT2D eigenvalue weighted by Gasteiger charge is -2.10. The first-order chi connectivity index (χ1) is 9.51. The molecule has 0 unspecified atom stereocenters. The molecule has 6 heteroatoms. The summed E-state index contributed by atoms with van der Waals surface area (Å²) < 4.78 is 6.75. The Morgan fingerprint density at radius 3 is 2.65 bits per heavy atom. The normalized spacial score (nSPS) is 11.4. The predicted octanol–water partition coefficient (Wildman–Crippen LogP) is 4.30. The van der Waals surface area contributed by atoms with Crippen LogP contribution in [0.25, 0.3) is 0 Å². The fourth-order valence-electron chi connectivity index (χ4n) is 1.68. The number of ether oxygens (including phenoxy) is 1. The zero-order valence-electron chi connectivity index (χ0n) is 10.6. The Labute approximate surface area is 129 Å². The third kappa shape index (κ3) is 3.23. The highest BCUT2D eigenvalue weighted by Crippen LogP contribution is 2.30. The van der Waals surface area contributed by atoms with Gasteiger partial charge in [-0.2, -0.15) is 0 Å². The Balaban J connectivity index is 2.29. The number of oxime groups is 1. The van der Waals surface area contributed by atoms with Crippen LogP contribution in [0, 0.1) is 6.92 Å². The van der Waals surface area contributed by atoms with Crippen LogP contribution in [0.5, 0.6) is 11.5 Å². The first-order valence-corrected chi connectivity index (χ1v) is 6.90. The second-order valence-electron chi connectivity index (χ2n) is 4.14. The summed E-state index contributed by atoms with van der Waals surface area (Å²) in [5, 5.41) is 11.9. The average molecular weight is 356 g/mol. The Kier molecular flexibility index (Phi) is 4.52. The SMILES string of the molecule is Cc1cc(Br)ccc1Oc1ccc(C(N)=NO)c(Cl)c1. The molecule has 0 aliphatic rings. The van der Waals surface area contributed by atoms with Gasteiger partial charge < -0.3 is 15.7 Å². The zero-order valence-corrected chi connectivity index (χ0v) is 12.9. The monoisotopic (exact) mass is 354 g/mol. The lowest BCUT2D eigenvalue weighted by Crippen LogP contribution is -2.13. The lowest BCUT2D eigenvalue weighted by atomic mass is 10.2. The summed E-state index contributed by atoms with van der Waals surface area (Å²) >= 11 is 9.47. The van der Waals surface area contributed by atoms with Gasteiger partial charge in [0.05, 0.1) is 5.02 Å². The van der Waals surface area contributed by atoms with Crippen LogP contribution in [0.4, 0.5) is 0 Å². The molecule has 0 fully saturated rings. The largest absolute Gasteiger partial charge is 0.457 e. The molecule has 0 radical (unpaired) electrons. The van der Waals surface area contributed by atoms with Crippen molar-refractivity contribution in [2.24, 2.45) is 10.9 Å². The molecule has 0 aliphatic carbocycles. The molecule has 0 saturated heterocycles. The molecule has 0 atom stereocenters. The summed E-state index contributed by atoms with van der Waals surface area (Å²) in [4.78, 5) is 0. The van der Waals surface area contributed by atoms with Crippen molar-refractivity contribution in [1.29, 1.82) is 0 Å². The predicted molar refractivity (Wildman–Crippen MR) is 82.9 cm³/mol. The molecule has 2 aromatic rings. The Hall–Kier alpha value is -1.72. The molecular formula is C14H12BrClN2O2. The second-order valence-corrected chi connectivity index (χ2v) is 5.46. The van der Waals surface area contributed by atoms with Crippen LogP contribution in [-0.2, 0) is 0 Å². The third-order valence-corrected chi connectivity index (χ3v) is 3.49. The number of hydrogen-bond acceptors (Lipinski definition) is 3. The highest BCUT2D eigenvalue weighted by Gasteiger charge is 2.08. The molecule has 4 nitrogen and oxygen atoms in total. The average Bonchev–Trinajstić information content (AvgIpc) is 2.41. The Bertz CT molecular complexity index is 674. The van der Waals surface area contributed by atoms with E-state index in [9.17, 15) is 0 Å². The van der Waals surface area contributed by atoms with Gasteiger partial charge >= 0.3 is 0 Å². The molecule has 0 saturated carbocycles. The van der Waals surface area contributed by atoms with Gasteiger partial charge in [-0.3, -0.25) is 0 Å². The molecular weight excluding hydrogens is 344 g/mol. The molecule has 0 amide bonds. The van der Waals surface area contributed by atoms with Gasteiger partial charge in [0, 0.05) is 16.1 Å². The van der Waals surface area contributed by atoms with E-state index in [1.165, 1.54) is 0 Å². The maximum absolute atomic E-state index is 8.65. The van der Waals surface area contributed by atoms with Crippen LogP contribution in [0.2, 0.25) is 5.02 Å². The van der Waals surface area contributed by atoms with Crippen molar-refractivity contribution < 1.29 is 9.94 Å². The van der Waals surface area contributed by atoms with Gasteiger partial charge in [-0.1, -0.05) is 32.7 Å². The van der Waals surface area contributed by atoms with E-state index in [1.807, 2.05) is 25.1 Å². The van der Waals surface area contributed by atoms with Crippen LogP contribution >= 0.6 is 27.5 Å². The minimum Gasteiger partial charge on any atom is -0.457 e. The molecule has 2 aromatic carbocycles. The molecule has 0 aromatic heterocycles. The van der Waals surface area contributed by atoms with E-state index in [4.69, 9.17) is 27.3 Å². The summed E-state index contributed by atoms with van der Waals surface area (Å²) in [5.74, 6) is 1.28. The molecule has 2 rings (SSSR count). The summed E-state index contributed by atoms with van der Waals surface area (Å²) in [6.07, 6.45) is 0. The van der Waals surface area contributed by atoms with E-state index < -0.39 is 0 Å². The molecule has 20 heavy (non-hydrogen) atoms. The van der Waals surface area contributed by atoms with E-state index in [1.54, 1.807) is 18.2 Å². The van der Waals surface area contributed by atoms with Crippen molar-refractivity contribution in [3.05, 3.63) is 57.0 Å². The summed E-state index contributed by atoms with van der Waals surface area (Å²) in [6, 6.07) is 10.7. The third-order valence-electron chi connectivity index (χ3n) is 2.69. The van der Waals surface area contributed by atoms with E-state index in [0.717, 1.165) is 15.8 Å². The van der Waals surface area contributed by atoms with Gasteiger partial charge in [-0.15, -0.1) is 0 Å². The van der Waals surface area contributed by atoms with Crippen LogP contribution in [0.1, 0.15) is 11.1 Å². The van der Waals surface area contributed by atoms with E-state index in [2.05, 4.69) is 21.1 Å². The molecule has 0 heterocycles. The fraction of sp³-hybridized carbons (Fsp3) is 0.0714. The summed E-state index contributed by atoms with van der Waals surface area (Å²) in [7, 11) is 0.